The highest BCUT2D eigenvalue weighted by atomic mass is 31.1. The van der Waals surface area contributed by atoms with Gasteiger partial charge >= 0.3 is 0 Å². The van der Waals surface area contributed by atoms with E-state index in [1.807, 2.05) is 0 Å². The Morgan fingerprint density at radius 3 is 1.27 bits per heavy atom. The quantitative estimate of drug-likeness (QED) is 0.574. The average Bonchev–Trinajstić information content (AvgIpc) is 2.21. The molecule has 2 fully saturated rings. The topological polar surface area (TPSA) is 0 Å². The van der Waals surface area contributed by atoms with Crippen LogP contribution in [0.3, 0.4) is 0 Å². The second kappa shape index (κ2) is 6.89. The smallest absolute Gasteiger partial charge is 0.0234 e. The Labute approximate surface area is 97.4 Å². The van der Waals surface area contributed by atoms with E-state index in [9.17, 15) is 0 Å². The molecule has 0 nitrogen and oxygen atoms in total. The molecule has 0 N–H and O–H groups in total. The third-order valence-electron chi connectivity index (χ3n) is 4.18. The Morgan fingerprint density at radius 2 is 0.867 bits per heavy atom. The minimum Gasteiger partial charge on any atom is -0.116 e. The van der Waals surface area contributed by atoms with Gasteiger partial charge in [-0.1, -0.05) is 51.4 Å². The molecule has 1 unspecified atom stereocenters. The molecule has 0 saturated heterocycles. The second-order valence-electron chi connectivity index (χ2n) is 5.54. The SMILES string of the molecule is C1CCCCC(PC2CCC2)CCCC1. The predicted molar refractivity (Wildman–Crippen MR) is 71.3 cm³/mol. The summed E-state index contributed by atoms with van der Waals surface area (Å²) in [5, 5.41) is 0. The van der Waals surface area contributed by atoms with Crippen molar-refractivity contribution in [3.05, 3.63) is 0 Å². The second-order valence-corrected chi connectivity index (χ2v) is 7.51. The van der Waals surface area contributed by atoms with E-state index in [0.717, 1.165) is 11.3 Å². The van der Waals surface area contributed by atoms with E-state index < -0.39 is 0 Å². The van der Waals surface area contributed by atoms with E-state index in [0.29, 0.717) is 0 Å². The van der Waals surface area contributed by atoms with Gasteiger partial charge in [0.05, 0.1) is 0 Å². The summed E-state index contributed by atoms with van der Waals surface area (Å²) in [4.78, 5) is 0. The molecule has 15 heavy (non-hydrogen) atoms. The fraction of sp³-hybridized carbons (Fsp3) is 1.00. The molecule has 2 rings (SSSR count). The van der Waals surface area contributed by atoms with Crippen molar-refractivity contribution in [3.63, 3.8) is 0 Å². The van der Waals surface area contributed by atoms with E-state index in [4.69, 9.17) is 0 Å². The summed E-state index contributed by atoms with van der Waals surface area (Å²) in [7, 11) is 1.33. The molecule has 0 aromatic rings. The lowest BCUT2D eigenvalue weighted by Gasteiger charge is -2.30. The standard InChI is InChI=1S/C14H27P/c1-2-4-6-9-13(10-7-5-3-1)15-14-11-8-12-14/h13-15H,1-12H2. The first kappa shape index (κ1) is 11.9. The van der Waals surface area contributed by atoms with Crippen molar-refractivity contribution in [2.24, 2.45) is 0 Å². The van der Waals surface area contributed by atoms with Crippen LogP contribution in [0.5, 0.6) is 0 Å². The van der Waals surface area contributed by atoms with Gasteiger partial charge in [0, 0.05) is 0 Å². The molecule has 2 aliphatic carbocycles. The van der Waals surface area contributed by atoms with Crippen molar-refractivity contribution >= 4 is 8.58 Å². The van der Waals surface area contributed by atoms with Crippen molar-refractivity contribution in [3.8, 4) is 0 Å². The summed E-state index contributed by atoms with van der Waals surface area (Å²) < 4.78 is 0. The van der Waals surface area contributed by atoms with Crippen LogP contribution in [-0.4, -0.2) is 11.3 Å². The maximum atomic E-state index is 1.56. The Hall–Kier alpha value is 0.430. The highest BCUT2D eigenvalue weighted by Crippen LogP contribution is 2.42. The fourth-order valence-corrected chi connectivity index (χ4v) is 5.03. The number of hydrogen-bond donors (Lipinski definition) is 0. The normalized spacial score (nSPS) is 28.0. The van der Waals surface area contributed by atoms with Crippen molar-refractivity contribution in [1.29, 1.82) is 0 Å². The van der Waals surface area contributed by atoms with Crippen LogP contribution in [0, 0.1) is 0 Å². The summed E-state index contributed by atoms with van der Waals surface area (Å²) in [6.07, 6.45) is 18.4. The van der Waals surface area contributed by atoms with Gasteiger partial charge < -0.3 is 0 Å². The molecule has 2 saturated carbocycles. The maximum Gasteiger partial charge on any atom is -0.0234 e. The molecule has 2 aliphatic rings. The first-order valence-corrected chi connectivity index (χ1v) is 8.37. The Kier molecular flexibility index (Phi) is 5.47. The average molecular weight is 226 g/mol. The van der Waals surface area contributed by atoms with Gasteiger partial charge in [-0.2, -0.15) is 0 Å². The van der Waals surface area contributed by atoms with Crippen LogP contribution in [0.25, 0.3) is 0 Å². The van der Waals surface area contributed by atoms with Crippen LogP contribution in [0.15, 0.2) is 0 Å². The van der Waals surface area contributed by atoms with E-state index >= 15 is 0 Å². The molecule has 0 aromatic heterocycles. The third kappa shape index (κ3) is 4.43. The molecule has 88 valence electrons. The zero-order valence-corrected chi connectivity index (χ0v) is 11.1. The van der Waals surface area contributed by atoms with Crippen molar-refractivity contribution in [2.75, 3.05) is 0 Å². The summed E-state index contributed by atoms with van der Waals surface area (Å²) in [5.41, 5.74) is 2.30. The highest BCUT2D eigenvalue weighted by molar-refractivity contribution is 7.39. The highest BCUT2D eigenvalue weighted by Gasteiger charge is 2.21. The Morgan fingerprint density at radius 1 is 0.467 bits per heavy atom. The van der Waals surface area contributed by atoms with Gasteiger partial charge in [-0.15, -0.1) is 8.58 Å². The van der Waals surface area contributed by atoms with E-state index in [1.165, 1.54) is 59.9 Å². The zero-order valence-electron chi connectivity index (χ0n) is 10.1. The summed E-state index contributed by atoms with van der Waals surface area (Å²) in [5.74, 6) is 0. The molecule has 0 heterocycles. The predicted octanol–water partition coefficient (Wildman–Crippen LogP) is 5.11. The van der Waals surface area contributed by atoms with Crippen LogP contribution < -0.4 is 0 Å². The van der Waals surface area contributed by atoms with Crippen molar-refractivity contribution in [2.45, 2.75) is 88.4 Å². The van der Waals surface area contributed by atoms with Crippen LogP contribution in [0.2, 0.25) is 0 Å². The van der Waals surface area contributed by atoms with E-state index in [2.05, 4.69) is 0 Å². The third-order valence-corrected chi connectivity index (χ3v) is 6.28. The Bertz CT molecular complexity index is 153. The summed E-state index contributed by atoms with van der Waals surface area (Å²) >= 11 is 0. The van der Waals surface area contributed by atoms with Gasteiger partial charge in [0.25, 0.3) is 0 Å². The monoisotopic (exact) mass is 226 g/mol. The van der Waals surface area contributed by atoms with Gasteiger partial charge in [0.1, 0.15) is 0 Å². The van der Waals surface area contributed by atoms with Crippen molar-refractivity contribution < 1.29 is 0 Å². The first-order chi connectivity index (χ1) is 7.45. The van der Waals surface area contributed by atoms with Crippen LogP contribution in [0.1, 0.15) is 77.0 Å². The lowest BCUT2D eigenvalue weighted by Crippen LogP contribution is -2.16. The van der Waals surface area contributed by atoms with E-state index in [-0.39, 0.29) is 0 Å². The molecule has 0 amide bonds. The molecular weight excluding hydrogens is 199 g/mol. The summed E-state index contributed by atoms with van der Waals surface area (Å²) in [6.45, 7) is 0. The molecular formula is C14H27P. The van der Waals surface area contributed by atoms with Crippen LogP contribution >= 0.6 is 8.58 Å². The largest absolute Gasteiger partial charge is 0.116 e. The van der Waals surface area contributed by atoms with E-state index in [1.54, 1.807) is 25.7 Å². The summed E-state index contributed by atoms with van der Waals surface area (Å²) in [6, 6.07) is 0. The molecule has 0 aliphatic heterocycles. The lowest BCUT2D eigenvalue weighted by molar-refractivity contribution is 0.491. The molecule has 0 radical (unpaired) electrons. The van der Waals surface area contributed by atoms with Gasteiger partial charge in [0.15, 0.2) is 0 Å². The van der Waals surface area contributed by atoms with Gasteiger partial charge in [-0.25, -0.2) is 0 Å². The maximum absolute atomic E-state index is 1.56. The van der Waals surface area contributed by atoms with Crippen LogP contribution in [0.4, 0.5) is 0 Å². The van der Waals surface area contributed by atoms with Gasteiger partial charge in [0.2, 0.25) is 0 Å². The van der Waals surface area contributed by atoms with Crippen molar-refractivity contribution in [1.82, 2.24) is 0 Å². The molecule has 0 bridgehead atoms. The minimum atomic E-state index is 1.13. The molecule has 1 atom stereocenters. The lowest BCUT2D eigenvalue weighted by atomic mass is 9.99. The number of rotatable bonds is 2. The molecule has 0 aromatic carbocycles. The van der Waals surface area contributed by atoms with Crippen LogP contribution in [-0.2, 0) is 0 Å². The van der Waals surface area contributed by atoms with Gasteiger partial charge in [-0.05, 0) is 37.0 Å². The molecule has 1 heteroatoms. The van der Waals surface area contributed by atoms with Gasteiger partial charge in [-0.3, -0.25) is 0 Å². The Balaban J connectivity index is 1.68. The minimum absolute atomic E-state index is 1.13. The first-order valence-electron chi connectivity index (χ1n) is 7.21. The molecule has 0 spiro atoms. The number of hydrogen-bond acceptors (Lipinski definition) is 0. The fourth-order valence-electron chi connectivity index (χ4n) is 2.88. The zero-order chi connectivity index (χ0) is 10.3.